The van der Waals surface area contributed by atoms with E-state index >= 15 is 0 Å². The van der Waals surface area contributed by atoms with Gasteiger partial charge in [-0.05, 0) is 12.1 Å². The summed E-state index contributed by atoms with van der Waals surface area (Å²) in [4.78, 5) is 14.8. The van der Waals surface area contributed by atoms with E-state index in [9.17, 15) is 10.1 Å². The third-order valence-electron chi connectivity index (χ3n) is 3.26. The van der Waals surface area contributed by atoms with Crippen molar-refractivity contribution in [3.63, 3.8) is 0 Å². The van der Waals surface area contributed by atoms with Crippen molar-refractivity contribution in [2.24, 2.45) is 0 Å². The highest BCUT2D eigenvalue weighted by Crippen LogP contribution is 2.31. The molecule has 1 heterocycles. The zero-order valence-electron chi connectivity index (χ0n) is 10.9. The number of anilines is 1. The zero-order chi connectivity index (χ0) is 13.8. The van der Waals surface area contributed by atoms with E-state index in [4.69, 9.17) is 16.7 Å². The van der Waals surface area contributed by atoms with Crippen LogP contribution in [0.5, 0.6) is 0 Å². The van der Waals surface area contributed by atoms with Crippen molar-refractivity contribution in [1.29, 1.82) is 0 Å². The molecule has 0 aliphatic carbocycles. The lowest BCUT2D eigenvalue weighted by atomic mass is 10.2. The monoisotopic (exact) mass is 321 g/mol. The summed E-state index contributed by atoms with van der Waals surface area (Å²) in [6.45, 7) is 3.79. The number of β-amino-alcohol motifs (C(OH)–C–C–N with tert-alkyl or cyclic N) is 1. The fraction of sp³-hybridized carbons (Fsp3) is 0.500. The number of aliphatic hydroxyl groups is 1. The third-order valence-corrected chi connectivity index (χ3v) is 3.50. The molecule has 1 aliphatic heterocycles. The Balaban J connectivity index is 0.00000200. The van der Waals surface area contributed by atoms with Crippen LogP contribution in [0.3, 0.4) is 0 Å². The van der Waals surface area contributed by atoms with E-state index in [1.807, 2.05) is 4.90 Å². The number of hydrogen-bond acceptors (Lipinski definition) is 5. The van der Waals surface area contributed by atoms with E-state index in [1.54, 1.807) is 12.1 Å². The van der Waals surface area contributed by atoms with Gasteiger partial charge in [0, 0.05) is 43.8 Å². The molecule has 0 saturated carbocycles. The fourth-order valence-electron chi connectivity index (χ4n) is 2.26. The Kier molecular flexibility index (Phi) is 6.48. The highest BCUT2D eigenvalue weighted by Gasteiger charge is 2.23. The maximum atomic E-state index is 11.1. The molecule has 1 saturated heterocycles. The largest absolute Gasteiger partial charge is 0.395 e. The van der Waals surface area contributed by atoms with Crippen molar-refractivity contribution in [3.8, 4) is 0 Å². The van der Waals surface area contributed by atoms with E-state index in [0.29, 0.717) is 30.3 Å². The van der Waals surface area contributed by atoms with Gasteiger partial charge in [-0.2, -0.15) is 0 Å². The predicted molar refractivity (Wildman–Crippen MR) is 81.1 cm³/mol. The summed E-state index contributed by atoms with van der Waals surface area (Å²) in [6, 6.07) is 4.75. The van der Waals surface area contributed by atoms with Gasteiger partial charge in [0.1, 0.15) is 5.69 Å². The van der Waals surface area contributed by atoms with Crippen LogP contribution in [0.1, 0.15) is 0 Å². The van der Waals surface area contributed by atoms with Crippen molar-refractivity contribution in [3.05, 3.63) is 33.3 Å². The van der Waals surface area contributed by atoms with E-state index in [0.717, 1.165) is 13.1 Å². The summed E-state index contributed by atoms with van der Waals surface area (Å²) in [5.41, 5.74) is 0.654. The minimum absolute atomic E-state index is 0. The number of rotatable bonds is 4. The Bertz CT molecular complexity index is 465. The number of nitro groups is 1. The summed E-state index contributed by atoms with van der Waals surface area (Å²) in [5.74, 6) is 0. The third kappa shape index (κ3) is 3.96. The van der Waals surface area contributed by atoms with E-state index in [1.165, 1.54) is 6.07 Å². The summed E-state index contributed by atoms with van der Waals surface area (Å²) >= 11 is 5.81. The molecule has 0 atom stereocenters. The maximum absolute atomic E-state index is 11.1. The number of halogens is 2. The summed E-state index contributed by atoms with van der Waals surface area (Å²) in [7, 11) is 0. The van der Waals surface area contributed by atoms with Crippen LogP contribution in [0.2, 0.25) is 5.02 Å². The van der Waals surface area contributed by atoms with Gasteiger partial charge < -0.3 is 10.0 Å². The van der Waals surface area contributed by atoms with Gasteiger partial charge >= 0.3 is 0 Å². The molecule has 20 heavy (non-hydrogen) atoms. The van der Waals surface area contributed by atoms with Crippen LogP contribution >= 0.6 is 24.0 Å². The molecular weight excluding hydrogens is 305 g/mol. The van der Waals surface area contributed by atoms with Gasteiger partial charge in [-0.3, -0.25) is 15.0 Å². The Morgan fingerprint density at radius 3 is 2.50 bits per heavy atom. The number of piperazine rings is 1. The molecule has 1 aromatic carbocycles. The number of benzene rings is 1. The standard InChI is InChI=1S/C12H16ClN3O3.ClH/c13-10-1-2-11(12(9-10)16(18)19)15-5-3-14(4-6-15)7-8-17;/h1-2,9,17H,3-8H2;1H. The molecule has 0 radical (unpaired) electrons. The second-order valence-corrected chi connectivity index (χ2v) is 4.88. The molecule has 0 unspecified atom stereocenters. The SMILES string of the molecule is Cl.O=[N+]([O-])c1cc(Cl)ccc1N1CCN(CCO)CC1. The highest BCUT2D eigenvalue weighted by molar-refractivity contribution is 6.30. The summed E-state index contributed by atoms with van der Waals surface area (Å²) in [6.07, 6.45) is 0. The van der Waals surface area contributed by atoms with Gasteiger partial charge in [0.05, 0.1) is 11.5 Å². The first-order valence-electron chi connectivity index (χ1n) is 6.14. The van der Waals surface area contributed by atoms with Crippen LogP contribution < -0.4 is 4.90 Å². The molecule has 6 nitrogen and oxygen atoms in total. The van der Waals surface area contributed by atoms with Crippen LogP contribution in [0.4, 0.5) is 11.4 Å². The number of nitro benzene ring substituents is 1. The van der Waals surface area contributed by atoms with Crippen molar-refractivity contribution in [2.45, 2.75) is 0 Å². The molecule has 1 aliphatic rings. The number of nitrogens with zero attached hydrogens (tertiary/aromatic N) is 3. The van der Waals surface area contributed by atoms with Gasteiger partial charge in [0.25, 0.3) is 5.69 Å². The predicted octanol–water partition coefficient (Wildman–Crippen LogP) is 1.78. The zero-order valence-corrected chi connectivity index (χ0v) is 12.4. The van der Waals surface area contributed by atoms with Gasteiger partial charge in [-0.1, -0.05) is 11.6 Å². The highest BCUT2D eigenvalue weighted by atomic mass is 35.5. The van der Waals surface area contributed by atoms with Gasteiger partial charge in [0.2, 0.25) is 0 Å². The van der Waals surface area contributed by atoms with Gasteiger partial charge in [0.15, 0.2) is 0 Å². The lowest BCUT2D eigenvalue weighted by molar-refractivity contribution is -0.384. The molecule has 0 spiro atoms. The molecule has 1 aromatic rings. The van der Waals surface area contributed by atoms with E-state index in [-0.39, 0.29) is 24.7 Å². The molecule has 0 aromatic heterocycles. The minimum atomic E-state index is -0.401. The number of aliphatic hydroxyl groups excluding tert-OH is 1. The Labute approximate surface area is 128 Å². The number of hydrogen-bond donors (Lipinski definition) is 1. The van der Waals surface area contributed by atoms with E-state index < -0.39 is 4.92 Å². The Morgan fingerprint density at radius 2 is 1.95 bits per heavy atom. The minimum Gasteiger partial charge on any atom is -0.395 e. The van der Waals surface area contributed by atoms with Crippen LogP contribution in [-0.2, 0) is 0 Å². The van der Waals surface area contributed by atoms with Crippen LogP contribution in [0.25, 0.3) is 0 Å². The first-order valence-corrected chi connectivity index (χ1v) is 6.51. The smallest absolute Gasteiger partial charge is 0.294 e. The molecule has 112 valence electrons. The van der Waals surface area contributed by atoms with E-state index in [2.05, 4.69) is 4.90 Å². The Morgan fingerprint density at radius 1 is 1.30 bits per heavy atom. The van der Waals surface area contributed by atoms with Gasteiger partial charge in [-0.25, -0.2) is 0 Å². The first kappa shape index (κ1) is 17.0. The van der Waals surface area contributed by atoms with Crippen molar-refractivity contribution >= 4 is 35.4 Å². The lowest BCUT2D eigenvalue weighted by Crippen LogP contribution is -2.47. The molecule has 1 N–H and O–H groups in total. The quantitative estimate of drug-likeness (QED) is 0.676. The van der Waals surface area contributed by atoms with Crippen LogP contribution in [0, 0.1) is 10.1 Å². The maximum Gasteiger partial charge on any atom is 0.294 e. The fourth-order valence-corrected chi connectivity index (χ4v) is 2.43. The molecule has 2 rings (SSSR count). The van der Waals surface area contributed by atoms with Crippen molar-refractivity contribution in [1.82, 2.24) is 4.90 Å². The summed E-state index contributed by atoms with van der Waals surface area (Å²) < 4.78 is 0. The molecular formula is C12H17Cl2N3O3. The molecule has 0 bridgehead atoms. The normalized spacial score (nSPS) is 15.8. The summed E-state index contributed by atoms with van der Waals surface area (Å²) in [5, 5.41) is 20.3. The van der Waals surface area contributed by atoms with Crippen LogP contribution in [0.15, 0.2) is 18.2 Å². The lowest BCUT2D eigenvalue weighted by Gasteiger charge is -2.35. The van der Waals surface area contributed by atoms with Gasteiger partial charge in [-0.15, -0.1) is 12.4 Å². The average molecular weight is 322 g/mol. The molecule has 0 amide bonds. The van der Waals surface area contributed by atoms with Crippen molar-refractivity contribution < 1.29 is 10.0 Å². The Hall–Kier alpha value is -1.08. The molecule has 1 fully saturated rings. The van der Waals surface area contributed by atoms with Crippen molar-refractivity contribution in [2.75, 3.05) is 44.2 Å². The second kappa shape index (κ2) is 7.64. The first-order chi connectivity index (χ1) is 9.11. The topological polar surface area (TPSA) is 69.9 Å². The molecule has 8 heteroatoms. The average Bonchev–Trinajstić information content (AvgIpc) is 2.40. The van der Waals surface area contributed by atoms with Crippen LogP contribution in [-0.4, -0.2) is 54.3 Å². The second-order valence-electron chi connectivity index (χ2n) is 4.44.